The number of nitrogens with one attached hydrogen (secondary N) is 1. The van der Waals surface area contributed by atoms with Crippen molar-refractivity contribution in [3.05, 3.63) is 53.6 Å². The molecule has 0 aromatic heterocycles. The Morgan fingerprint density at radius 3 is 2.23 bits per heavy atom. The van der Waals surface area contributed by atoms with E-state index in [0.717, 1.165) is 5.56 Å². The third-order valence-electron chi connectivity index (χ3n) is 3.00. The normalized spacial score (nSPS) is 11.0. The second kappa shape index (κ2) is 6.19. The first-order valence-corrected chi connectivity index (χ1v) is 8.08. The summed E-state index contributed by atoms with van der Waals surface area (Å²) in [5.41, 5.74) is 2.17. The zero-order valence-corrected chi connectivity index (χ0v) is 13.4. The molecule has 1 N–H and O–H groups in total. The van der Waals surface area contributed by atoms with E-state index in [1.807, 2.05) is 6.92 Å². The fourth-order valence-corrected chi connectivity index (χ4v) is 2.88. The van der Waals surface area contributed by atoms with Gasteiger partial charge in [-0.2, -0.15) is 8.42 Å². The zero-order chi connectivity index (χ0) is 16.3. The van der Waals surface area contributed by atoms with Crippen LogP contribution >= 0.6 is 0 Å². The molecule has 0 saturated carbocycles. The maximum absolute atomic E-state index is 12.2. The Morgan fingerprint density at radius 1 is 1.05 bits per heavy atom. The van der Waals surface area contributed by atoms with Crippen molar-refractivity contribution < 1.29 is 17.4 Å². The van der Waals surface area contributed by atoms with E-state index < -0.39 is 10.1 Å². The quantitative estimate of drug-likeness (QED) is 0.879. The molecule has 2 aromatic rings. The van der Waals surface area contributed by atoms with Crippen molar-refractivity contribution in [3.8, 4) is 5.75 Å². The predicted octanol–water partition coefficient (Wildman–Crippen LogP) is 3.03. The monoisotopic (exact) mass is 319 g/mol. The second-order valence-corrected chi connectivity index (χ2v) is 6.56. The second-order valence-electron chi connectivity index (χ2n) is 5.01. The van der Waals surface area contributed by atoms with Crippen molar-refractivity contribution in [2.75, 3.05) is 5.32 Å². The Hall–Kier alpha value is -2.34. The molecule has 0 aliphatic rings. The first-order valence-electron chi connectivity index (χ1n) is 6.67. The molecule has 5 nitrogen and oxygen atoms in total. The fourth-order valence-electron chi connectivity index (χ4n) is 1.90. The molecular formula is C16H17NO4S. The lowest BCUT2D eigenvalue weighted by Gasteiger charge is -2.11. The maximum Gasteiger partial charge on any atom is 0.339 e. The van der Waals surface area contributed by atoms with E-state index >= 15 is 0 Å². The Morgan fingerprint density at radius 2 is 1.68 bits per heavy atom. The first-order chi connectivity index (χ1) is 10.3. The minimum absolute atomic E-state index is 0.100. The number of benzene rings is 2. The number of hydrogen-bond acceptors (Lipinski definition) is 4. The molecule has 0 aliphatic carbocycles. The summed E-state index contributed by atoms with van der Waals surface area (Å²) in [6.45, 7) is 5.00. The Balaban J connectivity index is 2.26. The number of carbonyl (C=O) groups excluding carboxylic acids is 1. The zero-order valence-electron chi connectivity index (χ0n) is 12.6. The molecule has 2 aromatic carbocycles. The van der Waals surface area contributed by atoms with Gasteiger partial charge < -0.3 is 9.50 Å². The highest BCUT2D eigenvalue weighted by Gasteiger charge is 2.17. The summed E-state index contributed by atoms with van der Waals surface area (Å²) in [6, 6.07) is 11.2. The summed E-state index contributed by atoms with van der Waals surface area (Å²) < 4.78 is 29.6. The highest BCUT2D eigenvalue weighted by atomic mass is 32.2. The molecule has 2 rings (SSSR count). The molecule has 116 valence electrons. The van der Waals surface area contributed by atoms with E-state index in [-0.39, 0.29) is 16.6 Å². The van der Waals surface area contributed by atoms with Gasteiger partial charge in [0.25, 0.3) is 0 Å². The molecule has 0 bridgehead atoms. The Labute approximate surface area is 130 Å². The lowest BCUT2D eigenvalue weighted by molar-refractivity contribution is -0.114. The van der Waals surface area contributed by atoms with Gasteiger partial charge in [-0.25, -0.2) is 0 Å². The standard InChI is InChI=1S/C16H17NO4S/c1-11-4-7-15(8-5-11)22(19,20)21-16-9-6-14(10-12(16)2)17-13(3)18/h4-10H,1-3H3,(H,17,18). The largest absolute Gasteiger partial charge is 0.379 e. The van der Waals surface area contributed by atoms with Crippen LogP contribution in [0.1, 0.15) is 18.1 Å². The van der Waals surface area contributed by atoms with Crippen molar-refractivity contribution >= 4 is 21.7 Å². The van der Waals surface area contributed by atoms with Crippen molar-refractivity contribution in [1.82, 2.24) is 0 Å². The number of aryl methyl sites for hydroxylation is 2. The molecule has 6 heteroatoms. The van der Waals surface area contributed by atoms with Crippen LogP contribution in [0.15, 0.2) is 47.4 Å². The first kappa shape index (κ1) is 16.0. The lowest BCUT2D eigenvalue weighted by Crippen LogP contribution is -2.11. The van der Waals surface area contributed by atoms with Gasteiger partial charge in [-0.3, -0.25) is 4.79 Å². The van der Waals surface area contributed by atoms with E-state index in [1.165, 1.54) is 25.1 Å². The molecule has 0 saturated heterocycles. The summed E-state index contributed by atoms with van der Waals surface area (Å²) in [4.78, 5) is 11.1. The number of anilines is 1. The Bertz CT molecular complexity index is 795. The number of amides is 1. The third-order valence-corrected chi connectivity index (χ3v) is 4.25. The van der Waals surface area contributed by atoms with Gasteiger partial charge in [-0.1, -0.05) is 17.7 Å². The van der Waals surface area contributed by atoms with Crippen LogP contribution < -0.4 is 9.50 Å². The van der Waals surface area contributed by atoms with Crippen LogP contribution in [0.3, 0.4) is 0 Å². The molecule has 0 aliphatic heterocycles. The molecule has 0 spiro atoms. The van der Waals surface area contributed by atoms with Gasteiger partial charge in [-0.05, 0) is 49.7 Å². The fraction of sp³-hybridized carbons (Fsp3) is 0.188. The molecule has 0 fully saturated rings. The van der Waals surface area contributed by atoms with Crippen LogP contribution in [-0.2, 0) is 14.9 Å². The van der Waals surface area contributed by atoms with E-state index in [9.17, 15) is 13.2 Å². The summed E-state index contributed by atoms with van der Waals surface area (Å²) in [5, 5.41) is 2.63. The van der Waals surface area contributed by atoms with Gasteiger partial charge in [0.05, 0.1) is 0 Å². The average molecular weight is 319 g/mol. The third kappa shape index (κ3) is 3.85. The SMILES string of the molecule is CC(=O)Nc1ccc(OS(=O)(=O)c2ccc(C)cc2)c(C)c1. The van der Waals surface area contributed by atoms with Crippen LogP contribution in [0.5, 0.6) is 5.75 Å². The van der Waals surface area contributed by atoms with Crippen LogP contribution in [0, 0.1) is 13.8 Å². The van der Waals surface area contributed by atoms with E-state index in [4.69, 9.17) is 4.18 Å². The van der Waals surface area contributed by atoms with Gasteiger partial charge in [0, 0.05) is 12.6 Å². The molecule has 0 unspecified atom stereocenters. The van der Waals surface area contributed by atoms with Crippen LogP contribution in [0.2, 0.25) is 0 Å². The van der Waals surface area contributed by atoms with Gasteiger partial charge in [-0.15, -0.1) is 0 Å². The molecule has 0 radical (unpaired) electrons. The van der Waals surface area contributed by atoms with Crippen molar-refractivity contribution in [3.63, 3.8) is 0 Å². The topological polar surface area (TPSA) is 72.5 Å². The molecule has 22 heavy (non-hydrogen) atoms. The van der Waals surface area contributed by atoms with Crippen molar-refractivity contribution in [2.24, 2.45) is 0 Å². The van der Waals surface area contributed by atoms with Gasteiger partial charge in [0.15, 0.2) is 0 Å². The maximum atomic E-state index is 12.2. The molecular weight excluding hydrogens is 302 g/mol. The number of rotatable bonds is 4. The minimum atomic E-state index is -3.88. The number of carbonyl (C=O) groups is 1. The van der Waals surface area contributed by atoms with Crippen molar-refractivity contribution in [2.45, 2.75) is 25.7 Å². The van der Waals surface area contributed by atoms with Crippen LogP contribution in [0.25, 0.3) is 0 Å². The minimum Gasteiger partial charge on any atom is -0.379 e. The van der Waals surface area contributed by atoms with Crippen LogP contribution in [0.4, 0.5) is 5.69 Å². The van der Waals surface area contributed by atoms with E-state index in [0.29, 0.717) is 11.3 Å². The average Bonchev–Trinajstić information content (AvgIpc) is 2.41. The summed E-state index contributed by atoms with van der Waals surface area (Å²) in [6.07, 6.45) is 0. The highest BCUT2D eigenvalue weighted by molar-refractivity contribution is 7.87. The van der Waals surface area contributed by atoms with Gasteiger partial charge >= 0.3 is 10.1 Å². The van der Waals surface area contributed by atoms with Gasteiger partial charge in [0.1, 0.15) is 10.6 Å². The predicted molar refractivity (Wildman–Crippen MR) is 84.5 cm³/mol. The Kier molecular flexibility index (Phi) is 4.51. The van der Waals surface area contributed by atoms with E-state index in [2.05, 4.69) is 5.32 Å². The smallest absolute Gasteiger partial charge is 0.339 e. The van der Waals surface area contributed by atoms with Crippen LogP contribution in [-0.4, -0.2) is 14.3 Å². The van der Waals surface area contributed by atoms with E-state index in [1.54, 1.807) is 31.2 Å². The lowest BCUT2D eigenvalue weighted by atomic mass is 10.2. The molecule has 0 atom stereocenters. The molecule has 0 heterocycles. The van der Waals surface area contributed by atoms with Crippen molar-refractivity contribution in [1.29, 1.82) is 0 Å². The number of hydrogen-bond donors (Lipinski definition) is 1. The summed E-state index contributed by atoms with van der Waals surface area (Å²) in [7, 11) is -3.88. The molecule has 1 amide bonds. The summed E-state index contributed by atoms with van der Waals surface area (Å²) in [5.74, 6) is 0.0371. The highest BCUT2D eigenvalue weighted by Crippen LogP contribution is 2.25. The summed E-state index contributed by atoms with van der Waals surface area (Å²) >= 11 is 0. The van der Waals surface area contributed by atoms with Gasteiger partial charge in [0.2, 0.25) is 5.91 Å².